The zero-order valence-corrected chi connectivity index (χ0v) is 25.5. The van der Waals surface area contributed by atoms with Gasteiger partial charge in [-0.15, -0.1) is 0 Å². The van der Waals surface area contributed by atoms with E-state index in [-0.39, 0.29) is 36.7 Å². The number of rotatable bonds is 9. The topological polar surface area (TPSA) is 99.4 Å². The number of carbonyl (C=O) groups excluding carboxylic acids is 1. The van der Waals surface area contributed by atoms with Crippen molar-refractivity contribution in [2.24, 2.45) is 0 Å². The number of likely N-dealkylation sites (tertiary alicyclic amines) is 1. The number of pyridine rings is 1. The second kappa shape index (κ2) is 12.4. The third-order valence-electron chi connectivity index (χ3n) is 8.83. The zero-order chi connectivity index (χ0) is 31.0. The fourth-order valence-electron chi connectivity index (χ4n) is 6.75. The molecule has 1 aliphatic rings. The lowest BCUT2D eigenvalue weighted by Gasteiger charge is -2.32. The second-order valence-corrected chi connectivity index (χ2v) is 11.9. The van der Waals surface area contributed by atoms with Crippen molar-refractivity contribution in [1.82, 2.24) is 28.9 Å². The summed E-state index contributed by atoms with van der Waals surface area (Å²) in [5.74, 6) is -0.383. The Morgan fingerprint density at radius 3 is 2.80 bits per heavy atom. The molecule has 0 radical (unpaired) electrons. The number of carbonyl (C=O) groups is 1. The van der Waals surface area contributed by atoms with Crippen molar-refractivity contribution >= 4 is 27.8 Å². The molecule has 1 fully saturated rings. The van der Waals surface area contributed by atoms with Crippen LogP contribution in [0, 0.1) is 5.82 Å². The predicted molar refractivity (Wildman–Crippen MR) is 170 cm³/mol. The molecule has 1 amide bonds. The van der Waals surface area contributed by atoms with E-state index in [2.05, 4.69) is 27.1 Å². The summed E-state index contributed by atoms with van der Waals surface area (Å²) in [5, 5.41) is 10.4. The smallest absolute Gasteiger partial charge is 0.326 e. The standard InChI is InChI=1S/C34H39FN6O3/c1-4-39(22(2)3)33(43)27-17-25(35)8-10-30(27)41-21-28(26-11-12-36-18-32(26)41)24-6-5-13-38(20-24)19-23-7-9-31-29(16-23)37-34(44)40(31)14-15-42/h7-12,16-18,21-22,24,42H,4-6,13-15,19-20H2,1-3H3,(H,37,44)/t24-/m0/s1. The van der Waals surface area contributed by atoms with Gasteiger partial charge in [-0.3, -0.25) is 19.2 Å². The van der Waals surface area contributed by atoms with E-state index in [0.717, 1.165) is 60.0 Å². The molecule has 44 heavy (non-hydrogen) atoms. The molecule has 9 nitrogen and oxygen atoms in total. The van der Waals surface area contributed by atoms with Gasteiger partial charge < -0.3 is 19.6 Å². The van der Waals surface area contributed by atoms with Gasteiger partial charge >= 0.3 is 5.69 Å². The summed E-state index contributed by atoms with van der Waals surface area (Å²) in [5.41, 5.74) is 5.51. The third kappa shape index (κ3) is 5.55. The first-order chi connectivity index (χ1) is 21.3. The first kappa shape index (κ1) is 29.8. The van der Waals surface area contributed by atoms with Crippen LogP contribution >= 0.6 is 0 Å². The number of aromatic amines is 1. The number of halogens is 1. The highest BCUT2D eigenvalue weighted by atomic mass is 19.1. The molecule has 0 bridgehead atoms. The van der Waals surface area contributed by atoms with Gasteiger partial charge in [-0.2, -0.15) is 0 Å². The Kier molecular flexibility index (Phi) is 8.38. The van der Waals surface area contributed by atoms with E-state index in [1.807, 2.05) is 49.7 Å². The molecule has 3 aromatic heterocycles. The summed E-state index contributed by atoms with van der Waals surface area (Å²) in [7, 11) is 0. The summed E-state index contributed by atoms with van der Waals surface area (Å²) in [4.78, 5) is 37.5. The predicted octanol–water partition coefficient (Wildman–Crippen LogP) is 5.05. The summed E-state index contributed by atoms with van der Waals surface area (Å²) >= 11 is 0. The lowest BCUT2D eigenvalue weighted by molar-refractivity contribution is 0.0716. The van der Waals surface area contributed by atoms with Gasteiger partial charge in [-0.1, -0.05) is 6.07 Å². The number of aliphatic hydroxyl groups is 1. The van der Waals surface area contributed by atoms with Crippen LogP contribution in [0.15, 0.2) is 65.8 Å². The van der Waals surface area contributed by atoms with Crippen LogP contribution in [-0.2, 0) is 13.1 Å². The van der Waals surface area contributed by atoms with Crippen molar-refractivity contribution in [2.75, 3.05) is 26.2 Å². The fourth-order valence-corrected chi connectivity index (χ4v) is 6.75. The maximum Gasteiger partial charge on any atom is 0.326 e. The second-order valence-electron chi connectivity index (χ2n) is 11.9. The Bertz CT molecular complexity index is 1870. The van der Waals surface area contributed by atoms with Gasteiger partial charge in [-0.25, -0.2) is 9.18 Å². The molecule has 5 aromatic rings. The minimum Gasteiger partial charge on any atom is -0.395 e. The maximum absolute atomic E-state index is 14.5. The van der Waals surface area contributed by atoms with Crippen LogP contribution in [0.4, 0.5) is 4.39 Å². The monoisotopic (exact) mass is 598 g/mol. The van der Waals surface area contributed by atoms with Crippen molar-refractivity contribution in [3.05, 3.63) is 94.0 Å². The molecular formula is C34H39FN6O3. The highest BCUT2D eigenvalue weighted by molar-refractivity contribution is 5.99. The van der Waals surface area contributed by atoms with E-state index >= 15 is 0 Å². The lowest BCUT2D eigenvalue weighted by Crippen LogP contribution is -2.37. The molecule has 0 unspecified atom stereocenters. The Labute approximate surface area is 255 Å². The molecule has 1 atom stereocenters. The van der Waals surface area contributed by atoms with Gasteiger partial charge in [-0.05, 0) is 93.6 Å². The molecule has 2 aromatic carbocycles. The summed E-state index contributed by atoms with van der Waals surface area (Å²) < 4.78 is 18.1. The van der Waals surface area contributed by atoms with Crippen LogP contribution in [0.1, 0.15) is 61.0 Å². The molecule has 10 heteroatoms. The average Bonchev–Trinajstić information content (AvgIpc) is 3.54. The van der Waals surface area contributed by atoms with Crippen molar-refractivity contribution in [3.63, 3.8) is 0 Å². The first-order valence-electron chi connectivity index (χ1n) is 15.4. The number of hydrogen-bond donors (Lipinski definition) is 2. The first-order valence-corrected chi connectivity index (χ1v) is 15.4. The van der Waals surface area contributed by atoms with Crippen LogP contribution in [0.3, 0.4) is 0 Å². The number of H-pyrrole nitrogens is 1. The third-order valence-corrected chi connectivity index (χ3v) is 8.83. The Hall–Kier alpha value is -4.28. The Morgan fingerprint density at radius 2 is 2.02 bits per heavy atom. The summed E-state index contributed by atoms with van der Waals surface area (Å²) in [6.45, 7) is 9.13. The number of nitrogens with zero attached hydrogens (tertiary/aromatic N) is 5. The van der Waals surface area contributed by atoms with E-state index in [1.54, 1.807) is 21.7 Å². The SMILES string of the molecule is CCN(C(=O)c1cc(F)ccc1-n1cc([C@H]2CCCN(Cc3ccc4c(c3)[nH]c(=O)n4CCO)C2)c2ccncc21)C(C)C. The molecule has 4 heterocycles. The van der Waals surface area contributed by atoms with Crippen molar-refractivity contribution in [2.45, 2.75) is 58.7 Å². The Balaban J connectivity index is 1.32. The van der Waals surface area contributed by atoms with Crippen molar-refractivity contribution < 1.29 is 14.3 Å². The van der Waals surface area contributed by atoms with Crippen molar-refractivity contribution in [1.29, 1.82) is 0 Å². The van der Waals surface area contributed by atoms with E-state index in [0.29, 0.717) is 17.8 Å². The number of piperidine rings is 1. The quantitative estimate of drug-likeness (QED) is 0.248. The number of hydrogen-bond acceptors (Lipinski definition) is 5. The highest BCUT2D eigenvalue weighted by Crippen LogP contribution is 2.36. The van der Waals surface area contributed by atoms with Gasteiger partial charge in [0, 0.05) is 43.5 Å². The molecule has 2 N–H and O–H groups in total. The van der Waals surface area contributed by atoms with Gasteiger partial charge in [0.25, 0.3) is 5.91 Å². The molecule has 0 aliphatic carbocycles. The molecule has 230 valence electrons. The minimum absolute atomic E-state index is 0.0168. The van der Waals surface area contributed by atoms with Crippen LogP contribution in [0.25, 0.3) is 27.6 Å². The zero-order valence-electron chi connectivity index (χ0n) is 25.5. The largest absolute Gasteiger partial charge is 0.395 e. The number of aliphatic hydroxyl groups excluding tert-OH is 1. The molecular weight excluding hydrogens is 559 g/mol. The molecule has 1 saturated heterocycles. The number of imidazole rings is 1. The lowest BCUT2D eigenvalue weighted by atomic mass is 9.90. The van der Waals surface area contributed by atoms with Crippen LogP contribution in [-0.4, -0.2) is 72.2 Å². The summed E-state index contributed by atoms with van der Waals surface area (Å²) in [6, 6.07) is 12.5. The minimum atomic E-state index is -0.443. The van der Waals surface area contributed by atoms with Gasteiger partial charge in [0.2, 0.25) is 0 Å². The number of amides is 1. The van der Waals surface area contributed by atoms with Crippen molar-refractivity contribution in [3.8, 4) is 5.69 Å². The molecule has 0 spiro atoms. The molecule has 6 rings (SSSR count). The normalized spacial score (nSPS) is 15.9. The van der Waals surface area contributed by atoms with Gasteiger partial charge in [0.15, 0.2) is 0 Å². The molecule has 0 saturated carbocycles. The van der Waals surface area contributed by atoms with E-state index in [4.69, 9.17) is 0 Å². The van der Waals surface area contributed by atoms with E-state index in [1.165, 1.54) is 17.7 Å². The van der Waals surface area contributed by atoms with Crippen LogP contribution in [0.2, 0.25) is 0 Å². The van der Waals surface area contributed by atoms with Gasteiger partial charge in [0.1, 0.15) is 5.82 Å². The van der Waals surface area contributed by atoms with Crippen LogP contribution in [0.5, 0.6) is 0 Å². The maximum atomic E-state index is 14.5. The summed E-state index contributed by atoms with van der Waals surface area (Å²) in [6.07, 6.45) is 7.78. The molecule has 1 aliphatic heterocycles. The fraction of sp³-hybridized carbons (Fsp3) is 0.382. The average molecular weight is 599 g/mol. The van der Waals surface area contributed by atoms with Crippen LogP contribution < -0.4 is 5.69 Å². The van der Waals surface area contributed by atoms with E-state index in [9.17, 15) is 19.1 Å². The van der Waals surface area contributed by atoms with E-state index < -0.39 is 5.82 Å². The number of aromatic nitrogens is 4. The number of fused-ring (bicyclic) bond motifs is 2. The highest BCUT2D eigenvalue weighted by Gasteiger charge is 2.27. The number of nitrogens with one attached hydrogen (secondary N) is 1. The number of benzene rings is 2. The van der Waals surface area contributed by atoms with Gasteiger partial charge in [0.05, 0.1) is 47.1 Å². The Morgan fingerprint density at radius 1 is 1.18 bits per heavy atom.